The average Bonchev–Trinajstić information content (AvgIpc) is 2.81. The van der Waals surface area contributed by atoms with E-state index in [-0.39, 0.29) is 6.10 Å². The summed E-state index contributed by atoms with van der Waals surface area (Å²) >= 11 is 0. The third kappa shape index (κ3) is 5.35. The highest BCUT2D eigenvalue weighted by Crippen LogP contribution is 2.14. The standard InChI is InChI=1S/C12H22N2O4/c1-2-4-10(11(15)16)14-12(17)13-7-6-9-5-3-8-18-9/h9-10H,2-8H2,1H3,(H,15,16)(H2,13,14,17). The van der Waals surface area contributed by atoms with Gasteiger partial charge < -0.3 is 20.5 Å². The molecule has 1 aliphatic heterocycles. The molecule has 1 fully saturated rings. The molecular weight excluding hydrogens is 236 g/mol. The highest BCUT2D eigenvalue weighted by Gasteiger charge is 2.19. The molecule has 0 saturated carbocycles. The van der Waals surface area contributed by atoms with Gasteiger partial charge in [0.05, 0.1) is 6.10 Å². The number of carbonyl (C=O) groups excluding carboxylic acids is 1. The molecule has 18 heavy (non-hydrogen) atoms. The Labute approximate surface area is 107 Å². The van der Waals surface area contributed by atoms with Gasteiger partial charge in [-0.3, -0.25) is 0 Å². The van der Waals surface area contributed by atoms with Crippen LogP contribution in [0.25, 0.3) is 0 Å². The largest absolute Gasteiger partial charge is 0.480 e. The first-order chi connectivity index (χ1) is 8.63. The van der Waals surface area contributed by atoms with Crippen LogP contribution in [0.15, 0.2) is 0 Å². The Balaban J connectivity index is 2.16. The van der Waals surface area contributed by atoms with Gasteiger partial charge in [-0.15, -0.1) is 0 Å². The maximum Gasteiger partial charge on any atom is 0.326 e. The molecule has 3 N–H and O–H groups in total. The van der Waals surface area contributed by atoms with Gasteiger partial charge in [-0.1, -0.05) is 13.3 Å². The topological polar surface area (TPSA) is 87.7 Å². The number of carboxylic acid groups (broad SMARTS) is 1. The molecule has 0 aromatic heterocycles. The highest BCUT2D eigenvalue weighted by molar-refractivity contribution is 5.82. The second-order valence-electron chi connectivity index (χ2n) is 4.50. The Morgan fingerprint density at radius 2 is 2.28 bits per heavy atom. The quantitative estimate of drug-likeness (QED) is 0.638. The van der Waals surface area contributed by atoms with E-state index in [9.17, 15) is 9.59 Å². The maximum atomic E-state index is 11.5. The van der Waals surface area contributed by atoms with E-state index in [1.54, 1.807) is 0 Å². The summed E-state index contributed by atoms with van der Waals surface area (Å²) in [5.41, 5.74) is 0. The SMILES string of the molecule is CCCC(NC(=O)NCCC1CCCO1)C(=O)O. The number of nitrogens with one attached hydrogen (secondary N) is 2. The van der Waals surface area contributed by atoms with Gasteiger partial charge in [0, 0.05) is 13.2 Å². The summed E-state index contributed by atoms with van der Waals surface area (Å²) in [5.74, 6) is -0.994. The minimum atomic E-state index is -0.994. The monoisotopic (exact) mass is 258 g/mol. The van der Waals surface area contributed by atoms with Gasteiger partial charge in [-0.2, -0.15) is 0 Å². The predicted molar refractivity (Wildman–Crippen MR) is 66.5 cm³/mol. The normalized spacial score (nSPS) is 20.4. The number of amides is 2. The number of aliphatic carboxylic acids is 1. The van der Waals surface area contributed by atoms with E-state index in [0.717, 1.165) is 25.9 Å². The van der Waals surface area contributed by atoms with Crippen molar-refractivity contribution in [3.8, 4) is 0 Å². The van der Waals surface area contributed by atoms with E-state index in [1.807, 2.05) is 6.92 Å². The lowest BCUT2D eigenvalue weighted by Crippen LogP contribution is -2.46. The molecule has 0 aromatic carbocycles. The lowest BCUT2D eigenvalue weighted by Gasteiger charge is -2.15. The molecule has 0 bridgehead atoms. The number of carbonyl (C=O) groups is 2. The number of hydrogen-bond acceptors (Lipinski definition) is 3. The Morgan fingerprint density at radius 3 is 2.83 bits per heavy atom. The summed E-state index contributed by atoms with van der Waals surface area (Å²) in [7, 11) is 0. The van der Waals surface area contributed by atoms with Crippen molar-refractivity contribution in [1.29, 1.82) is 0 Å². The van der Waals surface area contributed by atoms with Crippen LogP contribution in [-0.2, 0) is 9.53 Å². The first-order valence-electron chi connectivity index (χ1n) is 6.52. The van der Waals surface area contributed by atoms with E-state index in [0.29, 0.717) is 19.4 Å². The maximum absolute atomic E-state index is 11.5. The smallest absolute Gasteiger partial charge is 0.326 e. The van der Waals surface area contributed by atoms with Gasteiger partial charge in [0.15, 0.2) is 0 Å². The van der Waals surface area contributed by atoms with Gasteiger partial charge in [0.2, 0.25) is 0 Å². The number of hydrogen-bond donors (Lipinski definition) is 3. The van der Waals surface area contributed by atoms with Crippen molar-refractivity contribution in [2.45, 2.75) is 51.2 Å². The molecule has 2 unspecified atom stereocenters. The fourth-order valence-electron chi connectivity index (χ4n) is 1.97. The lowest BCUT2D eigenvalue weighted by molar-refractivity contribution is -0.139. The molecule has 104 valence electrons. The van der Waals surface area contributed by atoms with Crippen molar-refractivity contribution >= 4 is 12.0 Å². The third-order valence-corrected chi connectivity index (χ3v) is 2.96. The van der Waals surface area contributed by atoms with Gasteiger partial charge >= 0.3 is 12.0 Å². The van der Waals surface area contributed by atoms with Crippen LogP contribution >= 0.6 is 0 Å². The van der Waals surface area contributed by atoms with Crippen LogP contribution in [0.2, 0.25) is 0 Å². The number of rotatable bonds is 7. The van der Waals surface area contributed by atoms with Crippen LogP contribution < -0.4 is 10.6 Å². The third-order valence-electron chi connectivity index (χ3n) is 2.96. The van der Waals surface area contributed by atoms with Gasteiger partial charge in [-0.05, 0) is 25.7 Å². The Morgan fingerprint density at radius 1 is 1.50 bits per heavy atom. The van der Waals surface area contributed by atoms with Crippen molar-refractivity contribution in [2.75, 3.05) is 13.2 Å². The molecule has 6 nitrogen and oxygen atoms in total. The summed E-state index contributed by atoms with van der Waals surface area (Å²) in [6.45, 7) is 3.19. The van der Waals surface area contributed by atoms with Crippen molar-refractivity contribution < 1.29 is 19.4 Å². The van der Waals surface area contributed by atoms with Crippen LogP contribution in [0.4, 0.5) is 4.79 Å². The molecule has 1 rings (SSSR count). The van der Waals surface area contributed by atoms with Gasteiger partial charge in [0.1, 0.15) is 6.04 Å². The number of ether oxygens (including phenoxy) is 1. The first kappa shape index (κ1) is 14.8. The second kappa shape index (κ2) is 7.92. The van der Waals surface area contributed by atoms with Crippen molar-refractivity contribution in [1.82, 2.24) is 10.6 Å². The van der Waals surface area contributed by atoms with E-state index in [4.69, 9.17) is 9.84 Å². The van der Waals surface area contributed by atoms with Crippen molar-refractivity contribution in [3.63, 3.8) is 0 Å². The molecule has 2 amide bonds. The lowest BCUT2D eigenvalue weighted by atomic mass is 10.2. The summed E-state index contributed by atoms with van der Waals surface area (Å²) in [6, 6.07) is -1.23. The van der Waals surface area contributed by atoms with Crippen molar-refractivity contribution in [3.05, 3.63) is 0 Å². The van der Waals surface area contributed by atoms with Crippen LogP contribution in [0.5, 0.6) is 0 Å². The molecule has 1 heterocycles. The van der Waals surface area contributed by atoms with Crippen LogP contribution in [0, 0.1) is 0 Å². The molecule has 6 heteroatoms. The predicted octanol–water partition coefficient (Wildman–Crippen LogP) is 1.11. The summed E-state index contributed by atoms with van der Waals surface area (Å²) in [6.07, 6.45) is 4.28. The number of carboxylic acids is 1. The molecule has 1 saturated heterocycles. The van der Waals surface area contributed by atoms with E-state index in [2.05, 4.69) is 10.6 Å². The first-order valence-corrected chi connectivity index (χ1v) is 6.52. The zero-order chi connectivity index (χ0) is 13.4. The zero-order valence-electron chi connectivity index (χ0n) is 10.8. The fraction of sp³-hybridized carbons (Fsp3) is 0.833. The minimum absolute atomic E-state index is 0.233. The van der Waals surface area contributed by atoms with E-state index in [1.165, 1.54) is 0 Å². The van der Waals surface area contributed by atoms with E-state index < -0.39 is 18.0 Å². The van der Waals surface area contributed by atoms with Crippen LogP contribution in [0.1, 0.15) is 39.0 Å². The highest BCUT2D eigenvalue weighted by atomic mass is 16.5. The van der Waals surface area contributed by atoms with E-state index >= 15 is 0 Å². The Hall–Kier alpha value is -1.30. The molecule has 0 aliphatic carbocycles. The number of urea groups is 1. The Kier molecular flexibility index (Phi) is 6.49. The molecule has 0 spiro atoms. The summed E-state index contributed by atoms with van der Waals surface area (Å²) in [5, 5.41) is 14.0. The molecular formula is C12H22N2O4. The summed E-state index contributed by atoms with van der Waals surface area (Å²) in [4.78, 5) is 22.3. The zero-order valence-corrected chi connectivity index (χ0v) is 10.8. The van der Waals surface area contributed by atoms with Crippen LogP contribution in [0.3, 0.4) is 0 Å². The Bertz CT molecular complexity index is 277. The fourth-order valence-corrected chi connectivity index (χ4v) is 1.97. The molecule has 2 atom stereocenters. The average molecular weight is 258 g/mol. The van der Waals surface area contributed by atoms with Crippen molar-refractivity contribution in [2.24, 2.45) is 0 Å². The van der Waals surface area contributed by atoms with Gasteiger partial charge in [0.25, 0.3) is 0 Å². The summed E-state index contributed by atoms with van der Waals surface area (Å²) < 4.78 is 5.43. The molecule has 1 aliphatic rings. The minimum Gasteiger partial charge on any atom is -0.480 e. The van der Waals surface area contributed by atoms with Gasteiger partial charge in [-0.25, -0.2) is 9.59 Å². The molecule has 0 radical (unpaired) electrons. The van der Waals surface area contributed by atoms with Crippen LogP contribution in [-0.4, -0.2) is 42.4 Å². The second-order valence-corrected chi connectivity index (χ2v) is 4.50. The molecule has 0 aromatic rings.